The quantitative estimate of drug-likeness (QED) is 0.147. The van der Waals surface area contributed by atoms with Crippen molar-refractivity contribution in [3.05, 3.63) is 203 Å². The van der Waals surface area contributed by atoms with Crippen molar-refractivity contribution >= 4 is 17.0 Å². The minimum Gasteiger partial charge on any atom is -0.391 e. The standard InChI is InChI=1S/C39H35N.C10H14.C7H16O.C4H10O.3C2H6/c1-27-15-18-32(19-16-27)30(4)25-39(36-20-17-29(3)38(26-36)37-14-10-9-11-28(37)2)40-31(5)33-21-23-35(24-22-33)34-12-7-6-8-13-34;1-10(2,3)9-7-5-4-6-8-9;1-6(2)7(3,4)8-5;1-4(2,3)5;3*1-2/h6-26H,5H2,1-4H3;4-8H,1-3H3;6H,1-5H3;5H,1-3H3;3*1-2H3/b30-25+,40-39?;;;;;;. The summed E-state index contributed by atoms with van der Waals surface area (Å²) in [6.07, 6.45) is 2.18. The summed E-state index contributed by atoms with van der Waals surface area (Å²) in [5, 5.41) is 8.52. The molecule has 0 amide bonds. The Labute approximate surface area is 423 Å². The SMILES string of the molecule is C=C(N=C(/C=C(\C)c1ccc(C)cc1)c1ccc(C)c(-c2ccccc2C)c1)c1ccc(-c2ccccc2)cc1.CC.CC.CC.CC(C)(C)O.CC(C)(C)c1ccccc1.COC(C)(C)C(C)C. The summed E-state index contributed by atoms with van der Waals surface area (Å²) in [5.74, 6) is 0.590. The fraction of sp³-hybridized carbons (Fsp3) is 0.379. The van der Waals surface area contributed by atoms with Gasteiger partial charge in [0.25, 0.3) is 0 Å². The number of hydrogen-bond donors (Lipinski definition) is 1. The van der Waals surface area contributed by atoms with E-state index in [1.807, 2.05) is 47.6 Å². The van der Waals surface area contributed by atoms with Gasteiger partial charge in [-0.2, -0.15) is 0 Å². The second-order valence-corrected chi connectivity index (χ2v) is 19.2. The molecule has 0 atom stereocenters. The van der Waals surface area contributed by atoms with Gasteiger partial charge in [-0.25, -0.2) is 4.99 Å². The molecular weight excluding hydrogens is 839 g/mol. The summed E-state index contributed by atoms with van der Waals surface area (Å²) in [6, 6.07) is 53.3. The van der Waals surface area contributed by atoms with Crippen LogP contribution in [0.3, 0.4) is 0 Å². The number of benzene rings is 6. The molecule has 1 N–H and O–H groups in total. The fourth-order valence-electron chi connectivity index (χ4n) is 6.10. The molecule has 0 unspecified atom stereocenters. The summed E-state index contributed by atoms with van der Waals surface area (Å²) in [5.41, 5.74) is 15.9. The zero-order valence-electron chi connectivity index (χ0n) is 47.1. The van der Waals surface area contributed by atoms with Gasteiger partial charge in [-0.05, 0) is 141 Å². The Bertz CT molecular complexity index is 2360. The van der Waals surface area contributed by atoms with E-state index in [4.69, 9.17) is 14.8 Å². The van der Waals surface area contributed by atoms with E-state index in [-0.39, 0.29) is 5.60 Å². The highest BCUT2D eigenvalue weighted by molar-refractivity contribution is 6.14. The van der Waals surface area contributed by atoms with Gasteiger partial charge in [-0.1, -0.05) is 234 Å². The van der Waals surface area contributed by atoms with E-state index in [0.717, 1.165) is 28.1 Å². The van der Waals surface area contributed by atoms with Crippen molar-refractivity contribution in [2.45, 2.75) is 155 Å². The lowest BCUT2D eigenvalue weighted by Gasteiger charge is -2.26. The molecule has 374 valence electrons. The molecule has 0 spiro atoms. The molecular formula is C66H93NO2. The Morgan fingerprint density at radius 2 is 0.971 bits per heavy atom. The van der Waals surface area contributed by atoms with Crippen LogP contribution in [0.25, 0.3) is 33.5 Å². The molecule has 6 aromatic rings. The molecule has 0 saturated heterocycles. The number of methoxy groups -OCH3 is 1. The Morgan fingerprint density at radius 3 is 1.41 bits per heavy atom. The number of nitrogens with zero attached hydrogens (tertiary/aromatic N) is 1. The van der Waals surface area contributed by atoms with Gasteiger partial charge in [0.2, 0.25) is 0 Å². The van der Waals surface area contributed by atoms with Gasteiger partial charge in [0.05, 0.1) is 22.6 Å². The van der Waals surface area contributed by atoms with Gasteiger partial charge in [0.1, 0.15) is 0 Å². The van der Waals surface area contributed by atoms with Crippen LogP contribution in [0, 0.1) is 26.7 Å². The van der Waals surface area contributed by atoms with Crippen LogP contribution in [0.2, 0.25) is 0 Å². The number of allylic oxidation sites excluding steroid dienone is 2. The second-order valence-electron chi connectivity index (χ2n) is 19.2. The fourth-order valence-corrected chi connectivity index (χ4v) is 6.10. The number of rotatable bonds is 9. The molecule has 0 heterocycles. The van der Waals surface area contributed by atoms with E-state index < -0.39 is 5.60 Å². The maximum absolute atomic E-state index is 8.52. The number of ether oxygens (including phenoxy) is 1. The maximum atomic E-state index is 8.52. The highest BCUT2D eigenvalue weighted by atomic mass is 16.5. The Hall–Kier alpha value is -5.61. The minimum absolute atomic E-state index is 0.0417. The van der Waals surface area contributed by atoms with Crippen LogP contribution >= 0.6 is 0 Å². The first-order valence-corrected chi connectivity index (χ1v) is 25.2. The Kier molecular flexibility index (Phi) is 29.6. The highest BCUT2D eigenvalue weighted by Crippen LogP contribution is 2.30. The first kappa shape index (κ1) is 63.4. The van der Waals surface area contributed by atoms with Crippen LogP contribution in [0.4, 0.5) is 0 Å². The minimum atomic E-state index is -0.500. The average Bonchev–Trinajstić information content (AvgIpc) is 3.34. The van der Waals surface area contributed by atoms with Crippen LogP contribution < -0.4 is 0 Å². The first-order chi connectivity index (χ1) is 32.5. The molecule has 3 nitrogen and oxygen atoms in total. The van der Waals surface area contributed by atoms with E-state index in [1.165, 1.54) is 50.1 Å². The predicted molar refractivity (Wildman–Crippen MR) is 311 cm³/mol. The third kappa shape index (κ3) is 24.0. The third-order valence-corrected chi connectivity index (χ3v) is 11.0. The van der Waals surface area contributed by atoms with Crippen molar-refractivity contribution in [3.8, 4) is 22.3 Å². The average molecular weight is 932 g/mol. The smallest absolute Gasteiger partial charge is 0.0712 e. The molecule has 69 heavy (non-hydrogen) atoms. The van der Waals surface area contributed by atoms with Crippen molar-refractivity contribution in [3.63, 3.8) is 0 Å². The van der Waals surface area contributed by atoms with Crippen molar-refractivity contribution in [2.24, 2.45) is 10.9 Å². The molecule has 0 fully saturated rings. The lowest BCUT2D eigenvalue weighted by molar-refractivity contribution is -0.0157. The van der Waals surface area contributed by atoms with E-state index in [0.29, 0.717) is 11.3 Å². The number of aliphatic imine (C=N–C) groups is 1. The molecule has 0 aromatic heterocycles. The summed E-state index contributed by atoms with van der Waals surface area (Å²) < 4.78 is 5.20. The topological polar surface area (TPSA) is 41.8 Å². The summed E-state index contributed by atoms with van der Waals surface area (Å²) in [7, 11) is 1.75. The van der Waals surface area contributed by atoms with Crippen LogP contribution in [0.1, 0.15) is 157 Å². The normalized spacial score (nSPS) is 11.2. The van der Waals surface area contributed by atoms with Crippen LogP contribution in [0.5, 0.6) is 0 Å². The zero-order valence-corrected chi connectivity index (χ0v) is 47.1. The number of aliphatic hydroxyl groups is 1. The van der Waals surface area contributed by atoms with E-state index >= 15 is 0 Å². The van der Waals surface area contributed by atoms with E-state index in [2.05, 4.69) is 234 Å². The molecule has 0 bridgehead atoms. The predicted octanol–water partition coefficient (Wildman–Crippen LogP) is 19.4. The lowest BCUT2D eigenvalue weighted by atomic mass is 9.87. The monoisotopic (exact) mass is 932 g/mol. The number of aryl methyl sites for hydroxylation is 3. The lowest BCUT2D eigenvalue weighted by Crippen LogP contribution is -2.29. The number of hydrogen-bond acceptors (Lipinski definition) is 3. The summed E-state index contributed by atoms with van der Waals surface area (Å²) in [4.78, 5) is 5.14. The Morgan fingerprint density at radius 1 is 0.551 bits per heavy atom. The first-order valence-electron chi connectivity index (χ1n) is 25.2. The zero-order chi connectivity index (χ0) is 53.0. The maximum Gasteiger partial charge on any atom is 0.0712 e. The largest absolute Gasteiger partial charge is 0.391 e. The molecule has 0 radical (unpaired) electrons. The van der Waals surface area contributed by atoms with Gasteiger partial charge in [0.15, 0.2) is 0 Å². The van der Waals surface area contributed by atoms with Crippen LogP contribution in [-0.4, -0.2) is 29.1 Å². The van der Waals surface area contributed by atoms with Gasteiger partial charge in [-0.15, -0.1) is 0 Å². The molecule has 0 aliphatic carbocycles. The van der Waals surface area contributed by atoms with Gasteiger partial charge < -0.3 is 9.84 Å². The van der Waals surface area contributed by atoms with Gasteiger partial charge >= 0.3 is 0 Å². The van der Waals surface area contributed by atoms with Crippen LogP contribution in [-0.2, 0) is 10.2 Å². The van der Waals surface area contributed by atoms with Crippen LogP contribution in [0.15, 0.2) is 169 Å². The summed E-state index contributed by atoms with van der Waals surface area (Å²) >= 11 is 0. The van der Waals surface area contributed by atoms with Gasteiger partial charge in [0, 0.05) is 12.7 Å². The molecule has 0 aliphatic heterocycles. The summed E-state index contributed by atoms with van der Waals surface area (Å²) in [6.45, 7) is 45.4. The Balaban J connectivity index is 0.00000130. The third-order valence-electron chi connectivity index (χ3n) is 11.0. The van der Waals surface area contributed by atoms with Crippen molar-refractivity contribution < 1.29 is 9.84 Å². The van der Waals surface area contributed by atoms with Gasteiger partial charge in [-0.3, -0.25) is 0 Å². The van der Waals surface area contributed by atoms with Crippen molar-refractivity contribution in [2.75, 3.05) is 7.11 Å². The molecule has 6 aromatic carbocycles. The van der Waals surface area contributed by atoms with E-state index in [9.17, 15) is 0 Å². The molecule has 0 aliphatic rings. The molecule has 6 rings (SSSR count). The highest BCUT2D eigenvalue weighted by Gasteiger charge is 2.20. The van der Waals surface area contributed by atoms with Crippen molar-refractivity contribution in [1.82, 2.24) is 0 Å². The molecule has 3 heteroatoms. The van der Waals surface area contributed by atoms with E-state index in [1.54, 1.807) is 27.9 Å². The van der Waals surface area contributed by atoms with Crippen molar-refractivity contribution in [1.29, 1.82) is 0 Å². The second kappa shape index (κ2) is 32.2. The molecule has 0 saturated carbocycles.